The van der Waals surface area contributed by atoms with Crippen molar-refractivity contribution in [3.63, 3.8) is 0 Å². The fourth-order valence-corrected chi connectivity index (χ4v) is 1.51. The van der Waals surface area contributed by atoms with Crippen LogP contribution in [0.15, 0.2) is 18.2 Å². The SMILES string of the molecule is COCCNC(=O)C(=O)Nc1ccc2c(c1)OCO2. The van der Waals surface area contributed by atoms with Crippen LogP contribution in [-0.4, -0.2) is 38.9 Å². The highest BCUT2D eigenvalue weighted by Gasteiger charge is 2.16. The average Bonchev–Trinajstić information content (AvgIpc) is 2.86. The molecule has 19 heavy (non-hydrogen) atoms. The summed E-state index contributed by atoms with van der Waals surface area (Å²) in [6.45, 7) is 0.789. The molecule has 7 heteroatoms. The van der Waals surface area contributed by atoms with Crippen LogP contribution in [0.3, 0.4) is 0 Å². The van der Waals surface area contributed by atoms with Crippen LogP contribution in [0.5, 0.6) is 11.5 Å². The van der Waals surface area contributed by atoms with Gasteiger partial charge in [0.1, 0.15) is 0 Å². The molecule has 2 rings (SSSR count). The number of carbonyl (C=O) groups excluding carboxylic acids is 2. The summed E-state index contributed by atoms with van der Waals surface area (Å²) in [4.78, 5) is 23.0. The lowest BCUT2D eigenvalue weighted by Gasteiger charge is -2.06. The summed E-state index contributed by atoms with van der Waals surface area (Å²) in [5.41, 5.74) is 0.469. The van der Waals surface area contributed by atoms with Gasteiger partial charge in [0.25, 0.3) is 0 Å². The van der Waals surface area contributed by atoms with E-state index in [0.717, 1.165) is 0 Å². The molecule has 0 bridgehead atoms. The Labute approximate surface area is 109 Å². The molecule has 2 N–H and O–H groups in total. The lowest BCUT2D eigenvalue weighted by molar-refractivity contribution is -0.136. The summed E-state index contributed by atoms with van der Waals surface area (Å²) < 4.78 is 15.1. The highest BCUT2D eigenvalue weighted by Crippen LogP contribution is 2.34. The zero-order chi connectivity index (χ0) is 13.7. The molecular formula is C12H14N2O5. The number of amides is 2. The number of anilines is 1. The molecule has 1 aliphatic heterocycles. The normalized spacial score (nSPS) is 12.1. The van der Waals surface area contributed by atoms with Crippen LogP contribution in [0, 0.1) is 0 Å². The van der Waals surface area contributed by atoms with Crippen molar-refractivity contribution in [3.8, 4) is 11.5 Å². The average molecular weight is 266 g/mol. The van der Waals surface area contributed by atoms with Gasteiger partial charge in [0.05, 0.1) is 6.61 Å². The molecule has 7 nitrogen and oxygen atoms in total. The zero-order valence-corrected chi connectivity index (χ0v) is 10.4. The zero-order valence-electron chi connectivity index (χ0n) is 10.4. The third-order valence-corrected chi connectivity index (χ3v) is 2.43. The Balaban J connectivity index is 1.90. The third kappa shape index (κ3) is 3.35. The summed E-state index contributed by atoms with van der Waals surface area (Å²) in [7, 11) is 1.51. The highest BCUT2D eigenvalue weighted by molar-refractivity contribution is 6.39. The fraction of sp³-hybridized carbons (Fsp3) is 0.333. The van der Waals surface area contributed by atoms with E-state index >= 15 is 0 Å². The van der Waals surface area contributed by atoms with Gasteiger partial charge in [-0.05, 0) is 12.1 Å². The van der Waals surface area contributed by atoms with E-state index in [1.807, 2.05) is 0 Å². The van der Waals surface area contributed by atoms with Crippen molar-refractivity contribution in [1.29, 1.82) is 0 Å². The van der Waals surface area contributed by atoms with Crippen LogP contribution in [-0.2, 0) is 14.3 Å². The number of fused-ring (bicyclic) bond motifs is 1. The van der Waals surface area contributed by atoms with E-state index in [0.29, 0.717) is 23.8 Å². The van der Waals surface area contributed by atoms with Crippen LogP contribution in [0.4, 0.5) is 5.69 Å². The van der Waals surface area contributed by atoms with Gasteiger partial charge < -0.3 is 24.8 Å². The second-order valence-corrected chi connectivity index (χ2v) is 3.77. The molecule has 1 aromatic rings. The van der Waals surface area contributed by atoms with Crippen LogP contribution in [0.1, 0.15) is 0 Å². The van der Waals surface area contributed by atoms with Gasteiger partial charge in [-0.15, -0.1) is 0 Å². The van der Waals surface area contributed by atoms with Crippen LogP contribution >= 0.6 is 0 Å². The van der Waals surface area contributed by atoms with Gasteiger partial charge in [-0.3, -0.25) is 9.59 Å². The van der Waals surface area contributed by atoms with E-state index in [2.05, 4.69) is 10.6 Å². The minimum absolute atomic E-state index is 0.157. The van der Waals surface area contributed by atoms with Crippen LogP contribution < -0.4 is 20.1 Å². The molecule has 0 saturated carbocycles. The Hall–Kier alpha value is -2.28. The first-order chi connectivity index (χ1) is 9.20. The summed E-state index contributed by atoms with van der Waals surface area (Å²) in [6, 6.07) is 4.90. The number of nitrogens with one attached hydrogen (secondary N) is 2. The molecule has 0 saturated heterocycles. The van der Waals surface area contributed by atoms with Crippen molar-refractivity contribution in [2.75, 3.05) is 32.4 Å². The van der Waals surface area contributed by atoms with Crippen molar-refractivity contribution < 1.29 is 23.8 Å². The minimum atomic E-state index is -0.741. The molecular weight excluding hydrogens is 252 g/mol. The lowest BCUT2D eigenvalue weighted by atomic mass is 10.2. The van der Waals surface area contributed by atoms with E-state index < -0.39 is 11.8 Å². The molecule has 102 valence electrons. The molecule has 1 aromatic carbocycles. The largest absolute Gasteiger partial charge is 0.454 e. The van der Waals surface area contributed by atoms with Gasteiger partial charge in [-0.1, -0.05) is 0 Å². The van der Waals surface area contributed by atoms with Crippen LogP contribution in [0.2, 0.25) is 0 Å². The smallest absolute Gasteiger partial charge is 0.313 e. The monoisotopic (exact) mass is 266 g/mol. The number of hydrogen-bond acceptors (Lipinski definition) is 5. The second kappa shape index (κ2) is 6.05. The van der Waals surface area contributed by atoms with Crippen LogP contribution in [0.25, 0.3) is 0 Å². The Morgan fingerprint density at radius 3 is 2.84 bits per heavy atom. The topological polar surface area (TPSA) is 85.9 Å². The highest BCUT2D eigenvalue weighted by atomic mass is 16.7. The molecule has 0 spiro atoms. The maximum atomic E-state index is 11.6. The predicted octanol–water partition coefficient (Wildman–Crippen LogP) is 0.116. The van der Waals surface area contributed by atoms with E-state index in [1.165, 1.54) is 7.11 Å². The van der Waals surface area contributed by atoms with Gasteiger partial charge in [-0.2, -0.15) is 0 Å². The molecule has 2 amide bonds. The van der Waals surface area contributed by atoms with Gasteiger partial charge >= 0.3 is 11.8 Å². The predicted molar refractivity (Wildman–Crippen MR) is 66.1 cm³/mol. The summed E-state index contributed by atoms with van der Waals surface area (Å²) >= 11 is 0. The maximum absolute atomic E-state index is 11.6. The van der Waals surface area contributed by atoms with Crippen molar-refractivity contribution in [2.45, 2.75) is 0 Å². The fourth-order valence-electron chi connectivity index (χ4n) is 1.51. The Morgan fingerprint density at radius 1 is 1.26 bits per heavy atom. The van der Waals surface area contributed by atoms with Crippen molar-refractivity contribution in [1.82, 2.24) is 5.32 Å². The molecule has 0 fully saturated rings. The number of carbonyl (C=O) groups is 2. The second-order valence-electron chi connectivity index (χ2n) is 3.77. The third-order valence-electron chi connectivity index (χ3n) is 2.43. The molecule has 0 atom stereocenters. The van der Waals surface area contributed by atoms with Crippen molar-refractivity contribution in [3.05, 3.63) is 18.2 Å². The summed E-state index contributed by atoms with van der Waals surface area (Å²) in [5, 5.41) is 4.89. The number of benzene rings is 1. The quantitative estimate of drug-likeness (QED) is 0.597. The van der Waals surface area contributed by atoms with E-state index in [-0.39, 0.29) is 13.3 Å². The molecule has 0 aliphatic carbocycles. The Morgan fingerprint density at radius 2 is 2.05 bits per heavy atom. The summed E-state index contributed by atoms with van der Waals surface area (Å²) in [5.74, 6) is -0.301. The van der Waals surface area contributed by atoms with Gasteiger partial charge in [0.2, 0.25) is 6.79 Å². The van der Waals surface area contributed by atoms with E-state index in [4.69, 9.17) is 14.2 Å². The molecule has 1 aliphatic rings. The number of rotatable bonds is 4. The first-order valence-electron chi connectivity index (χ1n) is 5.68. The lowest BCUT2D eigenvalue weighted by Crippen LogP contribution is -2.37. The number of ether oxygens (including phenoxy) is 3. The molecule has 0 unspecified atom stereocenters. The maximum Gasteiger partial charge on any atom is 0.313 e. The molecule has 1 heterocycles. The Kier molecular flexibility index (Phi) is 4.19. The number of methoxy groups -OCH3 is 1. The first kappa shape index (κ1) is 13.2. The van der Waals surface area contributed by atoms with Gasteiger partial charge in [0.15, 0.2) is 11.5 Å². The minimum Gasteiger partial charge on any atom is -0.454 e. The molecule has 0 aromatic heterocycles. The van der Waals surface area contributed by atoms with E-state index in [1.54, 1.807) is 18.2 Å². The van der Waals surface area contributed by atoms with Gasteiger partial charge in [-0.25, -0.2) is 0 Å². The molecule has 0 radical (unpaired) electrons. The van der Waals surface area contributed by atoms with E-state index in [9.17, 15) is 9.59 Å². The van der Waals surface area contributed by atoms with Gasteiger partial charge in [0, 0.05) is 25.4 Å². The van der Waals surface area contributed by atoms with Crippen molar-refractivity contribution >= 4 is 17.5 Å². The standard InChI is InChI=1S/C12H14N2O5/c1-17-5-4-13-11(15)12(16)14-8-2-3-9-10(6-8)19-7-18-9/h2-3,6H,4-5,7H2,1H3,(H,13,15)(H,14,16). The Bertz CT molecular complexity index is 489. The summed E-state index contributed by atoms with van der Waals surface area (Å²) in [6.07, 6.45) is 0. The number of hydrogen-bond donors (Lipinski definition) is 2. The first-order valence-corrected chi connectivity index (χ1v) is 5.68. The van der Waals surface area contributed by atoms with Crippen molar-refractivity contribution in [2.24, 2.45) is 0 Å².